The molecule has 0 aliphatic heterocycles. The molecule has 0 atom stereocenters. The molecule has 4 nitrogen and oxygen atoms in total. The summed E-state index contributed by atoms with van der Waals surface area (Å²) in [4.78, 5) is 4.09. The summed E-state index contributed by atoms with van der Waals surface area (Å²) >= 11 is 3.58. The van der Waals surface area contributed by atoms with Gasteiger partial charge < -0.3 is 14.8 Å². The van der Waals surface area contributed by atoms with Crippen LogP contribution in [-0.4, -0.2) is 18.6 Å². The van der Waals surface area contributed by atoms with Gasteiger partial charge in [-0.15, -0.1) is 0 Å². The van der Waals surface area contributed by atoms with E-state index in [0.717, 1.165) is 34.1 Å². The number of halogens is 2. The first-order valence-electron chi connectivity index (χ1n) is 8.99. The van der Waals surface area contributed by atoms with Crippen LogP contribution >= 0.6 is 15.9 Å². The van der Waals surface area contributed by atoms with E-state index in [1.807, 2.05) is 36.4 Å². The van der Waals surface area contributed by atoms with E-state index in [-0.39, 0.29) is 5.82 Å². The molecule has 1 heterocycles. The van der Waals surface area contributed by atoms with Crippen LogP contribution in [0.4, 0.5) is 4.39 Å². The van der Waals surface area contributed by atoms with Gasteiger partial charge in [-0.2, -0.15) is 0 Å². The van der Waals surface area contributed by atoms with Crippen LogP contribution in [0, 0.1) is 5.82 Å². The maximum atomic E-state index is 12.9. The lowest BCUT2D eigenvalue weighted by Gasteiger charge is -2.15. The molecule has 0 saturated heterocycles. The Morgan fingerprint density at radius 3 is 2.61 bits per heavy atom. The third-order valence-electron chi connectivity index (χ3n) is 4.23. The molecule has 28 heavy (non-hydrogen) atoms. The standard InChI is InChI=1S/C22H22BrFN2O2/c1-27-21-12-18(14-26-10-8-16-4-6-19(24)7-5-16)11-20(23)22(21)28-15-17-3-2-9-25-13-17/h2-7,9,11-13,26H,8,10,14-15H2,1H3. The van der Waals surface area contributed by atoms with E-state index in [0.29, 0.717) is 24.7 Å². The van der Waals surface area contributed by atoms with Crippen molar-refractivity contribution in [2.75, 3.05) is 13.7 Å². The fraction of sp³-hybridized carbons (Fsp3) is 0.227. The highest BCUT2D eigenvalue weighted by molar-refractivity contribution is 9.10. The lowest BCUT2D eigenvalue weighted by atomic mass is 10.1. The minimum absolute atomic E-state index is 0.209. The van der Waals surface area contributed by atoms with Crippen LogP contribution < -0.4 is 14.8 Å². The van der Waals surface area contributed by atoms with Gasteiger partial charge in [0.15, 0.2) is 11.5 Å². The van der Waals surface area contributed by atoms with E-state index in [9.17, 15) is 4.39 Å². The first-order chi connectivity index (χ1) is 13.7. The summed E-state index contributed by atoms with van der Waals surface area (Å²) in [5.41, 5.74) is 3.17. The van der Waals surface area contributed by atoms with Crippen molar-refractivity contribution in [1.82, 2.24) is 10.3 Å². The van der Waals surface area contributed by atoms with Crippen molar-refractivity contribution in [3.63, 3.8) is 0 Å². The summed E-state index contributed by atoms with van der Waals surface area (Å²) in [7, 11) is 1.63. The quantitative estimate of drug-likeness (QED) is 0.476. The van der Waals surface area contributed by atoms with Crippen LogP contribution in [0.1, 0.15) is 16.7 Å². The normalized spacial score (nSPS) is 10.7. The van der Waals surface area contributed by atoms with Gasteiger partial charge in [-0.05, 0) is 70.4 Å². The number of hydrogen-bond donors (Lipinski definition) is 1. The van der Waals surface area contributed by atoms with Gasteiger partial charge in [-0.1, -0.05) is 18.2 Å². The molecule has 0 bridgehead atoms. The first-order valence-corrected chi connectivity index (χ1v) is 9.78. The van der Waals surface area contributed by atoms with Crippen LogP contribution in [0.2, 0.25) is 0 Å². The highest BCUT2D eigenvalue weighted by atomic mass is 79.9. The Morgan fingerprint density at radius 2 is 1.89 bits per heavy atom. The summed E-state index contributed by atoms with van der Waals surface area (Å²) in [6, 6.07) is 14.4. The number of hydrogen-bond acceptors (Lipinski definition) is 4. The number of nitrogens with one attached hydrogen (secondary N) is 1. The van der Waals surface area contributed by atoms with Crippen LogP contribution in [0.3, 0.4) is 0 Å². The molecule has 6 heteroatoms. The van der Waals surface area contributed by atoms with E-state index in [2.05, 4.69) is 26.2 Å². The van der Waals surface area contributed by atoms with Crippen molar-refractivity contribution in [3.8, 4) is 11.5 Å². The van der Waals surface area contributed by atoms with Crippen LogP contribution in [0.25, 0.3) is 0 Å². The topological polar surface area (TPSA) is 43.4 Å². The molecule has 0 fully saturated rings. The second-order valence-corrected chi connectivity index (χ2v) is 7.17. The molecule has 0 spiro atoms. The van der Waals surface area contributed by atoms with E-state index < -0.39 is 0 Å². The van der Waals surface area contributed by atoms with Crippen molar-refractivity contribution in [2.24, 2.45) is 0 Å². The SMILES string of the molecule is COc1cc(CNCCc2ccc(F)cc2)cc(Br)c1OCc1cccnc1. The zero-order valence-electron chi connectivity index (χ0n) is 15.6. The van der Waals surface area contributed by atoms with Gasteiger partial charge in [0.25, 0.3) is 0 Å². The molecule has 0 aliphatic carbocycles. The summed E-state index contributed by atoms with van der Waals surface area (Å²) in [6.07, 6.45) is 4.35. The van der Waals surface area contributed by atoms with Crippen molar-refractivity contribution in [2.45, 2.75) is 19.6 Å². The Balaban J connectivity index is 1.56. The second-order valence-electron chi connectivity index (χ2n) is 6.31. The smallest absolute Gasteiger partial charge is 0.175 e. The third kappa shape index (κ3) is 5.78. The van der Waals surface area contributed by atoms with Gasteiger partial charge in [0.05, 0.1) is 11.6 Å². The van der Waals surface area contributed by atoms with E-state index >= 15 is 0 Å². The van der Waals surface area contributed by atoms with E-state index in [4.69, 9.17) is 9.47 Å². The predicted octanol–water partition coefficient (Wildman–Crippen LogP) is 4.90. The van der Waals surface area contributed by atoms with E-state index in [1.54, 1.807) is 19.5 Å². The molecule has 1 aromatic heterocycles. The number of nitrogens with zero attached hydrogens (tertiary/aromatic N) is 1. The Hall–Kier alpha value is -2.44. The molecule has 0 unspecified atom stereocenters. The molecule has 0 amide bonds. The Bertz CT molecular complexity index is 889. The average molecular weight is 445 g/mol. The molecule has 3 rings (SSSR count). The summed E-state index contributed by atoms with van der Waals surface area (Å²) in [5, 5.41) is 3.40. The fourth-order valence-electron chi connectivity index (χ4n) is 2.77. The number of benzene rings is 2. The van der Waals surface area contributed by atoms with Crippen molar-refractivity contribution >= 4 is 15.9 Å². The number of methoxy groups -OCH3 is 1. The maximum absolute atomic E-state index is 12.9. The lowest BCUT2D eigenvalue weighted by Crippen LogP contribution is -2.16. The molecule has 0 aliphatic rings. The molecular weight excluding hydrogens is 423 g/mol. The van der Waals surface area contributed by atoms with Gasteiger partial charge in [0.1, 0.15) is 12.4 Å². The molecule has 3 aromatic rings. The van der Waals surface area contributed by atoms with E-state index in [1.165, 1.54) is 12.1 Å². The van der Waals surface area contributed by atoms with Gasteiger partial charge in [0.2, 0.25) is 0 Å². The molecule has 146 valence electrons. The molecule has 0 saturated carbocycles. The van der Waals surface area contributed by atoms with Gasteiger partial charge in [-0.3, -0.25) is 4.98 Å². The number of aromatic nitrogens is 1. The van der Waals surface area contributed by atoms with Crippen LogP contribution in [-0.2, 0) is 19.6 Å². The fourth-order valence-corrected chi connectivity index (χ4v) is 3.37. The van der Waals surface area contributed by atoms with Gasteiger partial charge in [0, 0.05) is 24.5 Å². The van der Waals surface area contributed by atoms with Crippen LogP contribution in [0.5, 0.6) is 11.5 Å². The summed E-state index contributed by atoms with van der Waals surface area (Å²) < 4.78 is 25.2. The summed E-state index contributed by atoms with van der Waals surface area (Å²) in [6.45, 7) is 1.90. The highest BCUT2D eigenvalue weighted by Gasteiger charge is 2.12. The number of rotatable bonds is 9. The molecule has 2 aromatic carbocycles. The number of pyridine rings is 1. The molecule has 0 radical (unpaired) electrons. The first kappa shape index (κ1) is 20.3. The third-order valence-corrected chi connectivity index (χ3v) is 4.82. The minimum atomic E-state index is -0.209. The lowest BCUT2D eigenvalue weighted by molar-refractivity contribution is 0.282. The highest BCUT2D eigenvalue weighted by Crippen LogP contribution is 2.37. The van der Waals surface area contributed by atoms with Gasteiger partial charge >= 0.3 is 0 Å². The zero-order chi connectivity index (χ0) is 19.8. The number of ether oxygens (including phenoxy) is 2. The second kappa shape index (κ2) is 10.2. The van der Waals surface area contributed by atoms with Crippen LogP contribution in [0.15, 0.2) is 65.4 Å². The molecular formula is C22H22BrFN2O2. The monoisotopic (exact) mass is 444 g/mol. The zero-order valence-corrected chi connectivity index (χ0v) is 17.2. The Labute approximate surface area is 172 Å². The average Bonchev–Trinajstić information content (AvgIpc) is 2.72. The maximum Gasteiger partial charge on any atom is 0.175 e. The minimum Gasteiger partial charge on any atom is -0.493 e. The predicted molar refractivity (Wildman–Crippen MR) is 111 cm³/mol. The van der Waals surface area contributed by atoms with Crippen molar-refractivity contribution in [3.05, 3.63) is 87.9 Å². The van der Waals surface area contributed by atoms with Crippen molar-refractivity contribution < 1.29 is 13.9 Å². The summed E-state index contributed by atoms with van der Waals surface area (Å²) in [5.74, 6) is 1.13. The largest absolute Gasteiger partial charge is 0.493 e. The molecule has 1 N–H and O–H groups in total. The Kier molecular flexibility index (Phi) is 7.39. The van der Waals surface area contributed by atoms with Gasteiger partial charge in [-0.25, -0.2) is 4.39 Å². The Morgan fingerprint density at radius 1 is 1.07 bits per heavy atom. The van der Waals surface area contributed by atoms with Crippen molar-refractivity contribution in [1.29, 1.82) is 0 Å².